The highest BCUT2D eigenvalue weighted by Gasteiger charge is 2.56. The number of imide groups is 1. The molecule has 6 rings (SSSR count). The third kappa shape index (κ3) is 6.05. The molecular formula is C36H35N3O6S2. The number of nitrogens with zero attached hydrogens (tertiary/aromatic N) is 2. The molecule has 11 heteroatoms. The predicted octanol–water partition coefficient (Wildman–Crippen LogP) is 6.13. The molecule has 3 aromatic carbocycles. The van der Waals surface area contributed by atoms with Crippen LogP contribution < -0.4 is 15.1 Å². The van der Waals surface area contributed by atoms with E-state index < -0.39 is 29.0 Å². The number of anilines is 2. The summed E-state index contributed by atoms with van der Waals surface area (Å²) < 4.78 is 6.49. The zero-order valence-electron chi connectivity index (χ0n) is 26.7. The second-order valence-corrected chi connectivity index (χ2v) is 14.8. The summed E-state index contributed by atoms with van der Waals surface area (Å²) in [6.07, 6.45) is 0. The summed E-state index contributed by atoms with van der Waals surface area (Å²) in [7, 11) is 0. The zero-order chi connectivity index (χ0) is 33.6. The van der Waals surface area contributed by atoms with Gasteiger partial charge in [-0.05, 0) is 66.3 Å². The average Bonchev–Trinajstić information content (AvgIpc) is 3.48. The minimum absolute atomic E-state index is 0.0983. The topological polar surface area (TPSA) is 115 Å². The summed E-state index contributed by atoms with van der Waals surface area (Å²) >= 11 is 2.18. The van der Waals surface area contributed by atoms with Gasteiger partial charge in [-0.3, -0.25) is 23.7 Å². The molecule has 3 heterocycles. The van der Waals surface area contributed by atoms with Gasteiger partial charge < -0.3 is 10.1 Å². The molecule has 2 aliphatic rings. The van der Waals surface area contributed by atoms with E-state index >= 15 is 0 Å². The monoisotopic (exact) mass is 669 g/mol. The van der Waals surface area contributed by atoms with E-state index in [9.17, 15) is 24.0 Å². The van der Waals surface area contributed by atoms with Gasteiger partial charge in [0.2, 0.25) is 17.7 Å². The maximum Gasteiger partial charge on any atom is 0.338 e. The van der Waals surface area contributed by atoms with E-state index in [2.05, 4.69) is 26.1 Å². The average molecular weight is 670 g/mol. The number of fused-ring (bicyclic) bond motifs is 2. The van der Waals surface area contributed by atoms with E-state index in [1.165, 1.54) is 21.6 Å². The Morgan fingerprint density at radius 2 is 1.60 bits per heavy atom. The van der Waals surface area contributed by atoms with Crippen LogP contribution in [0.15, 0.2) is 82.6 Å². The fourth-order valence-corrected chi connectivity index (χ4v) is 8.84. The van der Waals surface area contributed by atoms with Crippen molar-refractivity contribution in [1.82, 2.24) is 4.57 Å². The lowest BCUT2D eigenvalue weighted by Gasteiger charge is -2.31. The number of nitrogens with one attached hydrogen (secondary N) is 1. The predicted molar refractivity (Wildman–Crippen MR) is 183 cm³/mol. The summed E-state index contributed by atoms with van der Waals surface area (Å²) in [6.45, 7) is 9.95. The van der Waals surface area contributed by atoms with Crippen molar-refractivity contribution in [2.75, 3.05) is 16.8 Å². The number of benzene rings is 3. The van der Waals surface area contributed by atoms with Gasteiger partial charge in [-0.15, -0.1) is 0 Å². The van der Waals surface area contributed by atoms with Crippen LogP contribution in [0, 0.1) is 12.8 Å². The van der Waals surface area contributed by atoms with E-state index in [1.807, 2.05) is 49.4 Å². The van der Waals surface area contributed by atoms with Crippen molar-refractivity contribution >= 4 is 58.2 Å². The normalized spacial score (nSPS) is 18.9. The lowest BCUT2D eigenvalue weighted by Crippen LogP contribution is -2.33. The molecular weight excluding hydrogens is 635 g/mol. The maximum atomic E-state index is 14.3. The first-order valence-corrected chi connectivity index (χ1v) is 17.1. The first-order chi connectivity index (χ1) is 22.4. The second-order valence-electron chi connectivity index (χ2n) is 12.7. The summed E-state index contributed by atoms with van der Waals surface area (Å²) in [5, 5.41) is 2.58. The smallest absolute Gasteiger partial charge is 0.338 e. The quantitative estimate of drug-likeness (QED) is 0.186. The molecule has 3 atom stereocenters. The van der Waals surface area contributed by atoms with Crippen LogP contribution in [0.25, 0.3) is 0 Å². The van der Waals surface area contributed by atoms with E-state index in [0.29, 0.717) is 26.8 Å². The molecule has 47 heavy (non-hydrogen) atoms. The van der Waals surface area contributed by atoms with Gasteiger partial charge >= 0.3 is 10.8 Å². The summed E-state index contributed by atoms with van der Waals surface area (Å²) in [6, 6.07) is 21.6. The van der Waals surface area contributed by atoms with Gasteiger partial charge in [-0.1, -0.05) is 86.3 Å². The number of para-hydroxylation sites is 1. The van der Waals surface area contributed by atoms with Crippen LogP contribution in [-0.2, 0) is 31.1 Å². The molecule has 1 saturated heterocycles. The number of carbonyl (C=O) groups excluding carboxylic acids is 4. The van der Waals surface area contributed by atoms with Crippen molar-refractivity contribution in [1.29, 1.82) is 0 Å². The lowest BCUT2D eigenvalue weighted by atomic mass is 9.81. The number of amides is 3. The molecule has 1 N–H and O–H groups in total. The molecule has 4 aromatic rings. The van der Waals surface area contributed by atoms with Gasteiger partial charge in [0.1, 0.15) is 11.8 Å². The number of hydrogen-bond donors (Lipinski definition) is 1. The van der Waals surface area contributed by atoms with Crippen molar-refractivity contribution < 1.29 is 23.9 Å². The van der Waals surface area contributed by atoms with Gasteiger partial charge in [0.05, 0.1) is 28.8 Å². The van der Waals surface area contributed by atoms with Crippen LogP contribution in [0.5, 0.6) is 0 Å². The molecule has 242 valence electrons. The number of aromatic nitrogens is 1. The van der Waals surface area contributed by atoms with Crippen molar-refractivity contribution in [3.05, 3.63) is 110 Å². The summed E-state index contributed by atoms with van der Waals surface area (Å²) in [4.78, 5) is 68.8. The second kappa shape index (κ2) is 12.6. The Kier molecular flexibility index (Phi) is 8.71. The SMILES string of the molecule is CCOC(=O)c1ccc(N2C(=O)C3Sc4c(sc(=O)n4CC(=O)Nc4ccccc4C)[C@H](c4ccc(C(C)(C)C)cc4)C3C2=O)cc1. The zero-order valence-corrected chi connectivity index (χ0v) is 28.4. The van der Waals surface area contributed by atoms with Crippen LogP contribution in [-0.4, -0.2) is 40.1 Å². The minimum atomic E-state index is -0.827. The van der Waals surface area contributed by atoms with E-state index in [1.54, 1.807) is 25.1 Å². The van der Waals surface area contributed by atoms with Crippen LogP contribution in [0.1, 0.15) is 65.5 Å². The molecule has 9 nitrogen and oxygen atoms in total. The fraction of sp³-hybridized carbons (Fsp3) is 0.306. The van der Waals surface area contributed by atoms with Crippen molar-refractivity contribution in [3.63, 3.8) is 0 Å². The van der Waals surface area contributed by atoms with Crippen LogP contribution in [0.4, 0.5) is 11.4 Å². The Morgan fingerprint density at radius 1 is 0.915 bits per heavy atom. The largest absolute Gasteiger partial charge is 0.462 e. The summed E-state index contributed by atoms with van der Waals surface area (Å²) in [5.74, 6) is -3.01. The number of esters is 1. The molecule has 3 amide bonds. The molecule has 1 fully saturated rings. The number of rotatable bonds is 7. The maximum absolute atomic E-state index is 14.3. The highest BCUT2D eigenvalue weighted by Crippen LogP contribution is 2.54. The first-order valence-electron chi connectivity index (χ1n) is 15.4. The number of ether oxygens (including phenoxy) is 1. The number of thiazole rings is 1. The number of thioether (sulfide) groups is 1. The third-order valence-electron chi connectivity index (χ3n) is 8.54. The Hall–Kier alpha value is -4.48. The highest BCUT2D eigenvalue weighted by molar-refractivity contribution is 8.00. The van der Waals surface area contributed by atoms with Gasteiger partial charge in [0.15, 0.2) is 0 Å². The standard InChI is InChI=1S/C36H35N3O6S2/c1-6-45-34(43)22-13-17-24(18-14-22)39-31(41)28-27(21-11-15-23(16-12-21)36(3,4)5)30-33(46-29(28)32(39)42)38(35(44)47-30)19-26(40)37-25-10-8-7-9-20(25)2/h7-18,27-29H,6,19H2,1-5H3,(H,37,40)/t27-,28?,29?/m1/s1. The van der Waals surface area contributed by atoms with Crippen molar-refractivity contribution in [3.8, 4) is 0 Å². The summed E-state index contributed by atoms with van der Waals surface area (Å²) in [5.41, 5.74) is 4.03. The molecule has 2 unspecified atom stereocenters. The van der Waals surface area contributed by atoms with E-state index in [4.69, 9.17) is 4.74 Å². The minimum Gasteiger partial charge on any atom is -0.462 e. The van der Waals surface area contributed by atoms with Crippen LogP contribution >= 0.6 is 23.1 Å². The Morgan fingerprint density at radius 3 is 2.23 bits per heavy atom. The van der Waals surface area contributed by atoms with Crippen LogP contribution in [0.3, 0.4) is 0 Å². The van der Waals surface area contributed by atoms with E-state index in [-0.39, 0.29) is 35.3 Å². The molecule has 0 aliphatic carbocycles. The van der Waals surface area contributed by atoms with Crippen LogP contribution in [0.2, 0.25) is 0 Å². The van der Waals surface area contributed by atoms with Crippen molar-refractivity contribution in [2.45, 2.75) is 62.8 Å². The van der Waals surface area contributed by atoms with Gasteiger partial charge in [0, 0.05) is 16.5 Å². The molecule has 1 aromatic heterocycles. The third-order valence-corrected chi connectivity index (χ3v) is 11.1. The Bertz CT molecular complexity index is 1940. The Labute approximate surface area is 280 Å². The first kappa shape index (κ1) is 32.5. The van der Waals surface area contributed by atoms with Gasteiger partial charge in [-0.2, -0.15) is 0 Å². The van der Waals surface area contributed by atoms with Crippen molar-refractivity contribution in [2.24, 2.45) is 5.92 Å². The fourth-order valence-electron chi connectivity index (χ4n) is 6.07. The lowest BCUT2D eigenvalue weighted by molar-refractivity contribution is -0.122. The molecule has 0 saturated carbocycles. The number of aryl methyl sites for hydroxylation is 1. The molecule has 2 aliphatic heterocycles. The van der Waals surface area contributed by atoms with Gasteiger partial charge in [0.25, 0.3) is 0 Å². The number of carbonyl (C=O) groups is 4. The van der Waals surface area contributed by atoms with Gasteiger partial charge in [-0.25, -0.2) is 9.69 Å². The molecule has 0 radical (unpaired) electrons. The van der Waals surface area contributed by atoms with E-state index in [0.717, 1.165) is 39.8 Å². The molecule has 0 bridgehead atoms. The molecule has 0 spiro atoms. The number of hydrogen-bond acceptors (Lipinski definition) is 8. The highest BCUT2D eigenvalue weighted by atomic mass is 32.2. The Balaban J connectivity index is 1.40.